The number of halogens is 1. The Kier molecular flexibility index (Phi) is 7.64. The zero-order chi connectivity index (χ0) is 26.6. The van der Waals surface area contributed by atoms with Crippen LogP contribution in [0.3, 0.4) is 0 Å². The van der Waals surface area contributed by atoms with Gasteiger partial charge < -0.3 is 4.74 Å². The molecule has 0 radical (unpaired) electrons. The van der Waals surface area contributed by atoms with Gasteiger partial charge in [-0.15, -0.1) is 0 Å². The number of ether oxygens (including phenoxy) is 1. The maximum Gasteiger partial charge on any atom is 0.311 e. The molecule has 4 aromatic rings. The van der Waals surface area contributed by atoms with E-state index >= 15 is 0 Å². The first-order valence-corrected chi connectivity index (χ1v) is 13.4. The van der Waals surface area contributed by atoms with Gasteiger partial charge in [-0.1, -0.05) is 71.1 Å². The quantitative estimate of drug-likeness (QED) is 0.136. The van der Waals surface area contributed by atoms with Gasteiger partial charge in [0, 0.05) is 22.0 Å². The second-order valence-corrected chi connectivity index (χ2v) is 10.5. The van der Waals surface area contributed by atoms with E-state index in [2.05, 4.69) is 21.0 Å². The van der Waals surface area contributed by atoms with E-state index < -0.39 is 4.92 Å². The van der Waals surface area contributed by atoms with Crippen molar-refractivity contribution in [3.63, 3.8) is 0 Å². The first-order valence-electron chi connectivity index (χ1n) is 12.6. The Bertz CT molecular complexity index is 1570. The molecule has 1 aromatic heterocycles. The van der Waals surface area contributed by atoms with Gasteiger partial charge in [-0.2, -0.15) is 9.78 Å². The third-order valence-electron chi connectivity index (χ3n) is 6.84. The predicted molar refractivity (Wildman–Crippen MR) is 151 cm³/mol. The predicted octanol–water partition coefficient (Wildman–Crippen LogP) is 6.88. The molecule has 0 unspecified atom stereocenters. The lowest BCUT2D eigenvalue weighted by atomic mass is 9.88. The average molecular weight is 575 g/mol. The summed E-state index contributed by atoms with van der Waals surface area (Å²) in [7, 11) is 0. The average Bonchev–Trinajstić information content (AvgIpc) is 2.93. The highest BCUT2D eigenvalue weighted by Crippen LogP contribution is 2.33. The van der Waals surface area contributed by atoms with Crippen LogP contribution >= 0.6 is 15.9 Å². The van der Waals surface area contributed by atoms with Crippen LogP contribution in [0.1, 0.15) is 60.5 Å². The minimum Gasteiger partial charge on any atom is -0.481 e. The first-order chi connectivity index (χ1) is 18.4. The molecular weight excluding hydrogens is 548 g/mol. The van der Waals surface area contributed by atoms with Crippen molar-refractivity contribution < 1.29 is 9.66 Å². The number of aromatic nitrogens is 2. The first kappa shape index (κ1) is 25.8. The molecule has 0 spiro atoms. The Hall–Kier alpha value is -3.85. The molecule has 38 heavy (non-hydrogen) atoms. The van der Waals surface area contributed by atoms with E-state index in [0.717, 1.165) is 41.3 Å². The van der Waals surface area contributed by atoms with Gasteiger partial charge in [-0.05, 0) is 49.6 Å². The maximum atomic E-state index is 13.6. The fraction of sp³-hybridized carbons (Fsp3) is 0.276. The van der Waals surface area contributed by atoms with E-state index in [1.165, 1.54) is 23.4 Å². The summed E-state index contributed by atoms with van der Waals surface area (Å²) in [5.41, 5.74) is 2.59. The van der Waals surface area contributed by atoms with E-state index in [0.29, 0.717) is 22.3 Å². The van der Waals surface area contributed by atoms with Crippen LogP contribution in [0.4, 0.5) is 5.69 Å². The van der Waals surface area contributed by atoms with E-state index in [1.807, 2.05) is 43.3 Å². The third-order valence-corrected chi connectivity index (χ3v) is 7.33. The number of benzene rings is 3. The normalized spacial score (nSPS) is 14.3. The zero-order valence-corrected chi connectivity index (χ0v) is 22.6. The minimum atomic E-state index is -0.476. The molecule has 5 rings (SSSR count). The van der Waals surface area contributed by atoms with Crippen LogP contribution in [-0.2, 0) is 6.61 Å². The van der Waals surface area contributed by atoms with Crippen LogP contribution < -0.4 is 10.3 Å². The fourth-order valence-corrected chi connectivity index (χ4v) is 5.17. The number of hydrogen-bond acceptors (Lipinski definition) is 6. The van der Waals surface area contributed by atoms with Crippen LogP contribution in [0.15, 0.2) is 75.0 Å². The Morgan fingerprint density at radius 2 is 1.89 bits per heavy atom. The van der Waals surface area contributed by atoms with E-state index in [1.54, 1.807) is 18.2 Å². The highest BCUT2D eigenvalue weighted by atomic mass is 79.9. The van der Waals surface area contributed by atoms with Crippen molar-refractivity contribution in [1.82, 2.24) is 9.66 Å². The maximum absolute atomic E-state index is 13.6. The van der Waals surface area contributed by atoms with Crippen LogP contribution in [-0.4, -0.2) is 20.8 Å². The SMILES string of the molecule is Cc1ccc(COc2c(C=Nn3c(C4CCCCC4)nc4ccc(Br)cc4c3=O)cccc2[N+](=O)[O-])cc1. The third kappa shape index (κ3) is 5.52. The van der Waals surface area contributed by atoms with Crippen molar-refractivity contribution in [1.29, 1.82) is 0 Å². The molecule has 194 valence electrons. The second kappa shape index (κ2) is 11.3. The van der Waals surface area contributed by atoms with Crippen LogP contribution in [0.25, 0.3) is 10.9 Å². The number of aryl methyl sites for hydroxylation is 1. The molecule has 1 heterocycles. The summed E-state index contributed by atoms with van der Waals surface area (Å²) in [6.07, 6.45) is 6.64. The molecule has 0 aliphatic heterocycles. The van der Waals surface area contributed by atoms with E-state index in [-0.39, 0.29) is 29.5 Å². The zero-order valence-electron chi connectivity index (χ0n) is 21.0. The van der Waals surface area contributed by atoms with E-state index in [9.17, 15) is 14.9 Å². The molecule has 1 aliphatic carbocycles. The number of rotatable bonds is 7. The number of nitro benzene ring substituents is 1. The Balaban J connectivity index is 1.58. The molecule has 3 aromatic carbocycles. The molecular formula is C29H27BrN4O4. The molecule has 0 amide bonds. The summed E-state index contributed by atoms with van der Waals surface area (Å²) < 4.78 is 8.09. The van der Waals surface area contributed by atoms with Gasteiger partial charge >= 0.3 is 5.69 Å². The molecule has 0 saturated heterocycles. The van der Waals surface area contributed by atoms with Crippen molar-refractivity contribution in [2.45, 2.75) is 51.6 Å². The smallest absolute Gasteiger partial charge is 0.311 e. The van der Waals surface area contributed by atoms with E-state index in [4.69, 9.17) is 9.72 Å². The molecule has 1 saturated carbocycles. The standard InChI is InChI=1S/C29H27BrN4O4/c1-19-10-12-20(13-11-19)18-38-27-22(8-5-9-26(27)34(36)37)17-31-33-28(21-6-3-2-4-7-21)32-25-15-14-23(30)16-24(25)29(33)35/h5,8-17,21H,2-4,6-7,18H2,1H3. The number of hydrogen-bond donors (Lipinski definition) is 0. The molecule has 8 nitrogen and oxygen atoms in total. The summed E-state index contributed by atoms with van der Waals surface area (Å²) in [4.78, 5) is 29.8. The van der Waals surface area contributed by atoms with Crippen LogP contribution in [0.5, 0.6) is 5.75 Å². The summed E-state index contributed by atoms with van der Waals surface area (Å²) >= 11 is 3.44. The van der Waals surface area contributed by atoms with Gasteiger partial charge in [0.15, 0.2) is 0 Å². The lowest BCUT2D eigenvalue weighted by Gasteiger charge is -2.22. The lowest BCUT2D eigenvalue weighted by molar-refractivity contribution is -0.385. The van der Waals surface area contributed by atoms with Gasteiger partial charge in [0.1, 0.15) is 12.4 Å². The van der Waals surface area contributed by atoms with Gasteiger partial charge in [-0.3, -0.25) is 14.9 Å². The number of fused-ring (bicyclic) bond motifs is 1. The molecule has 1 fully saturated rings. The van der Waals surface area contributed by atoms with Crippen molar-refractivity contribution in [3.8, 4) is 5.75 Å². The van der Waals surface area contributed by atoms with Crippen LogP contribution in [0.2, 0.25) is 0 Å². The number of nitrogens with zero attached hydrogens (tertiary/aromatic N) is 4. The van der Waals surface area contributed by atoms with Crippen molar-refractivity contribution >= 4 is 38.7 Å². The molecule has 1 aliphatic rings. The Morgan fingerprint density at radius 1 is 1.13 bits per heavy atom. The van der Waals surface area contributed by atoms with Crippen LogP contribution in [0, 0.1) is 17.0 Å². The van der Waals surface area contributed by atoms with Crippen molar-refractivity contribution in [2.75, 3.05) is 0 Å². The minimum absolute atomic E-state index is 0.102. The number of para-hydroxylation sites is 1. The lowest BCUT2D eigenvalue weighted by Crippen LogP contribution is -2.25. The summed E-state index contributed by atoms with van der Waals surface area (Å²) in [5, 5.41) is 16.8. The fourth-order valence-electron chi connectivity index (χ4n) is 4.81. The highest BCUT2D eigenvalue weighted by molar-refractivity contribution is 9.10. The van der Waals surface area contributed by atoms with Gasteiger partial charge in [-0.25, -0.2) is 4.98 Å². The van der Waals surface area contributed by atoms with Gasteiger partial charge in [0.25, 0.3) is 5.56 Å². The number of nitro groups is 1. The molecule has 9 heteroatoms. The molecule has 0 bridgehead atoms. The summed E-state index contributed by atoms with van der Waals surface area (Å²) in [5.74, 6) is 0.836. The van der Waals surface area contributed by atoms with Crippen molar-refractivity contribution in [2.24, 2.45) is 5.10 Å². The topological polar surface area (TPSA) is 99.6 Å². The summed E-state index contributed by atoms with van der Waals surface area (Å²) in [6.45, 7) is 2.15. The second-order valence-electron chi connectivity index (χ2n) is 9.55. The Labute approximate surface area is 228 Å². The monoisotopic (exact) mass is 574 g/mol. The summed E-state index contributed by atoms with van der Waals surface area (Å²) in [6, 6.07) is 17.9. The van der Waals surface area contributed by atoms with Crippen molar-refractivity contribution in [3.05, 3.63) is 108 Å². The largest absolute Gasteiger partial charge is 0.481 e. The molecule has 0 N–H and O–H groups in total. The van der Waals surface area contributed by atoms with Gasteiger partial charge in [0.05, 0.1) is 22.0 Å². The Morgan fingerprint density at radius 3 is 2.63 bits per heavy atom. The highest BCUT2D eigenvalue weighted by Gasteiger charge is 2.23. The molecule has 0 atom stereocenters. The van der Waals surface area contributed by atoms with Gasteiger partial charge in [0.2, 0.25) is 5.75 Å².